The Morgan fingerprint density at radius 1 is 1.15 bits per heavy atom. The molecule has 2 aromatic rings. The van der Waals surface area contributed by atoms with Crippen LogP contribution >= 0.6 is 0 Å². The predicted molar refractivity (Wildman–Crippen MR) is 101 cm³/mol. The van der Waals surface area contributed by atoms with Gasteiger partial charge in [0.25, 0.3) is 0 Å². The van der Waals surface area contributed by atoms with Crippen molar-refractivity contribution in [2.75, 3.05) is 25.0 Å². The molecule has 26 heavy (non-hydrogen) atoms. The number of hydrogen-bond acceptors (Lipinski definition) is 4. The van der Waals surface area contributed by atoms with E-state index in [1.807, 2.05) is 6.07 Å². The van der Waals surface area contributed by atoms with Crippen LogP contribution in [0.4, 0.5) is 5.82 Å². The molecule has 0 unspecified atom stereocenters. The van der Waals surface area contributed by atoms with E-state index >= 15 is 0 Å². The minimum Gasteiger partial charge on any atom is -0.376 e. The summed E-state index contributed by atoms with van der Waals surface area (Å²) in [5.74, 6) is 0.971. The number of fused-ring (bicyclic) bond motifs is 2. The lowest BCUT2D eigenvalue weighted by Gasteiger charge is -2.17. The number of pyridine rings is 1. The average Bonchev–Trinajstić information content (AvgIpc) is 2.68. The van der Waals surface area contributed by atoms with Crippen LogP contribution in [-0.4, -0.2) is 30.6 Å². The first-order chi connectivity index (χ1) is 12.8. The molecule has 1 aromatic heterocycles. The zero-order valence-electron chi connectivity index (χ0n) is 15.0. The van der Waals surface area contributed by atoms with Crippen molar-refractivity contribution >= 4 is 11.7 Å². The Labute approximate surface area is 154 Å². The largest absolute Gasteiger partial charge is 0.376 e. The Morgan fingerprint density at radius 3 is 3.04 bits per heavy atom. The Morgan fingerprint density at radius 2 is 2.08 bits per heavy atom. The summed E-state index contributed by atoms with van der Waals surface area (Å²) in [6.45, 7) is 3.13. The van der Waals surface area contributed by atoms with Gasteiger partial charge in [-0.25, -0.2) is 4.98 Å². The van der Waals surface area contributed by atoms with Crippen LogP contribution in [0.5, 0.6) is 0 Å². The molecule has 0 bridgehead atoms. The summed E-state index contributed by atoms with van der Waals surface area (Å²) in [5, 5.41) is 6.33. The lowest BCUT2D eigenvalue weighted by molar-refractivity contribution is -0.120. The number of hydrogen-bond donors (Lipinski definition) is 2. The SMILES string of the molecule is O=C(Cc1ccc2c(n1)NCCC2)NCCc1ccc2c(c1)CCOC2. The summed E-state index contributed by atoms with van der Waals surface area (Å²) >= 11 is 0. The highest BCUT2D eigenvalue weighted by Gasteiger charge is 2.13. The quantitative estimate of drug-likeness (QED) is 0.868. The lowest BCUT2D eigenvalue weighted by atomic mass is 9.99. The van der Waals surface area contributed by atoms with Crippen molar-refractivity contribution in [2.24, 2.45) is 0 Å². The van der Waals surface area contributed by atoms with Crippen LogP contribution in [0.15, 0.2) is 30.3 Å². The normalized spacial score (nSPS) is 15.5. The van der Waals surface area contributed by atoms with Crippen LogP contribution in [0.3, 0.4) is 0 Å². The summed E-state index contributed by atoms with van der Waals surface area (Å²) in [7, 11) is 0. The van der Waals surface area contributed by atoms with E-state index in [1.54, 1.807) is 0 Å². The third-order valence-corrected chi connectivity index (χ3v) is 5.07. The third kappa shape index (κ3) is 4.05. The predicted octanol–water partition coefficient (Wildman–Crippen LogP) is 2.41. The molecule has 1 amide bonds. The van der Waals surface area contributed by atoms with Gasteiger partial charge in [0, 0.05) is 13.1 Å². The van der Waals surface area contributed by atoms with E-state index < -0.39 is 0 Å². The van der Waals surface area contributed by atoms with Crippen molar-refractivity contribution < 1.29 is 9.53 Å². The maximum absolute atomic E-state index is 12.2. The zero-order chi connectivity index (χ0) is 17.8. The van der Waals surface area contributed by atoms with Gasteiger partial charge in [0.05, 0.1) is 25.3 Å². The molecule has 3 heterocycles. The van der Waals surface area contributed by atoms with Crippen molar-refractivity contribution in [1.29, 1.82) is 0 Å². The van der Waals surface area contributed by atoms with Gasteiger partial charge in [0.2, 0.25) is 5.91 Å². The van der Waals surface area contributed by atoms with E-state index in [1.165, 1.54) is 22.3 Å². The molecule has 0 aliphatic carbocycles. The number of amides is 1. The summed E-state index contributed by atoms with van der Waals surface area (Å²) in [5.41, 5.74) is 6.01. The first kappa shape index (κ1) is 17.0. The van der Waals surface area contributed by atoms with Gasteiger partial charge in [0.15, 0.2) is 0 Å². The average molecular weight is 351 g/mol. The molecule has 0 fully saturated rings. The number of aryl methyl sites for hydroxylation is 1. The number of anilines is 1. The number of rotatable bonds is 5. The fourth-order valence-corrected chi connectivity index (χ4v) is 3.61. The number of carbonyl (C=O) groups is 1. The molecule has 1 aromatic carbocycles. The fourth-order valence-electron chi connectivity index (χ4n) is 3.61. The molecule has 5 heteroatoms. The van der Waals surface area contributed by atoms with Crippen LogP contribution in [0.2, 0.25) is 0 Å². The second-order valence-corrected chi connectivity index (χ2v) is 7.02. The Balaban J connectivity index is 1.28. The molecule has 2 N–H and O–H groups in total. The number of carbonyl (C=O) groups excluding carboxylic acids is 1. The summed E-state index contributed by atoms with van der Waals surface area (Å²) in [4.78, 5) is 16.8. The Kier molecular flexibility index (Phi) is 5.16. The number of ether oxygens (including phenoxy) is 1. The summed E-state index contributed by atoms with van der Waals surface area (Å²) in [6.07, 6.45) is 4.36. The lowest BCUT2D eigenvalue weighted by Crippen LogP contribution is -2.28. The Bertz CT molecular complexity index is 804. The molecule has 0 atom stereocenters. The van der Waals surface area contributed by atoms with Gasteiger partial charge in [-0.2, -0.15) is 0 Å². The van der Waals surface area contributed by atoms with Gasteiger partial charge in [-0.3, -0.25) is 4.79 Å². The van der Waals surface area contributed by atoms with Gasteiger partial charge in [-0.1, -0.05) is 24.3 Å². The van der Waals surface area contributed by atoms with Gasteiger partial charge in [0.1, 0.15) is 5.82 Å². The minimum atomic E-state index is 0.0274. The number of nitrogens with one attached hydrogen (secondary N) is 2. The van der Waals surface area contributed by atoms with E-state index in [-0.39, 0.29) is 5.91 Å². The van der Waals surface area contributed by atoms with Crippen LogP contribution in [0.25, 0.3) is 0 Å². The molecule has 4 rings (SSSR count). The topological polar surface area (TPSA) is 63.2 Å². The van der Waals surface area contributed by atoms with Crippen molar-refractivity contribution in [3.8, 4) is 0 Å². The van der Waals surface area contributed by atoms with E-state index in [4.69, 9.17) is 4.74 Å². The molecule has 0 saturated heterocycles. The molecule has 5 nitrogen and oxygen atoms in total. The zero-order valence-corrected chi connectivity index (χ0v) is 15.0. The van der Waals surface area contributed by atoms with E-state index in [2.05, 4.69) is 39.9 Å². The maximum Gasteiger partial charge on any atom is 0.226 e. The molecular weight excluding hydrogens is 326 g/mol. The standard InChI is InChI=1S/C21H25N3O2/c25-20(13-19-6-5-16-2-1-9-23-21(16)24-19)22-10-7-15-3-4-18-14-26-11-8-17(18)12-15/h3-6,12H,1-2,7-11,13-14H2,(H,22,25)(H,23,24). The highest BCUT2D eigenvalue weighted by Crippen LogP contribution is 2.20. The van der Waals surface area contributed by atoms with Crippen LogP contribution in [0, 0.1) is 0 Å². The first-order valence-corrected chi connectivity index (χ1v) is 9.46. The summed E-state index contributed by atoms with van der Waals surface area (Å²) < 4.78 is 5.47. The van der Waals surface area contributed by atoms with E-state index in [0.717, 1.165) is 57.0 Å². The van der Waals surface area contributed by atoms with Crippen molar-refractivity contribution in [3.63, 3.8) is 0 Å². The second-order valence-electron chi connectivity index (χ2n) is 7.02. The second kappa shape index (κ2) is 7.87. The highest BCUT2D eigenvalue weighted by molar-refractivity contribution is 5.78. The number of aromatic nitrogens is 1. The van der Waals surface area contributed by atoms with Crippen molar-refractivity contribution in [2.45, 2.75) is 38.7 Å². The van der Waals surface area contributed by atoms with E-state index in [9.17, 15) is 4.79 Å². The number of benzene rings is 1. The Hall–Kier alpha value is -2.40. The molecule has 2 aliphatic heterocycles. The van der Waals surface area contributed by atoms with Crippen molar-refractivity contribution in [1.82, 2.24) is 10.3 Å². The van der Waals surface area contributed by atoms with Gasteiger partial charge < -0.3 is 15.4 Å². The van der Waals surface area contributed by atoms with Crippen molar-refractivity contribution in [3.05, 3.63) is 58.3 Å². The van der Waals surface area contributed by atoms with Crippen LogP contribution in [0.1, 0.15) is 34.4 Å². The molecule has 2 aliphatic rings. The third-order valence-electron chi connectivity index (χ3n) is 5.07. The molecule has 0 radical (unpaired) electrons. The van der Waals surface area contributed by atoms with Crippen LogP contribution < -0.4 is 10.6 Å². The number of nitrogens with zero attached hydrogens (tertiary/aromatic N) is 1. The highest BCUT2D eigenvalue weighted by atomic mass is 16.5. The smallest absolute Gasteiger partial charge is 0.226 e. The summed E-state index contributed by atoms with van der Waals surface area (Å²) in [6, 6.07) is 10.6. The monoisotopic (exact) mass is 351 g/mol. The van der Waals surface area contributed by atoms with Gasteiger partial charge in [-0.05, 0) is 54.0 Å². The van der Waals surface area contributed by atoms with Crippen LogP contribution in [-0.2, 0) is 41.8 Å². The van der Waals surface area contributed by atoms with Gasteiger partial charge >= 0.3 is 0 Å². The molecule has 0 spiro atoms. The molecule has 0 saturated carbocycles. The first-order valence-electron chi connectivity index (χ1n) is 9.46. The van der Waals surface area contributed by atoms with E-state index in [0.29, 0.717) is 13.0 Å². The fraction of sp³-hybridized carbons (Fsp3) is 0.429. The van der Waals surface area contributed by atoms with Gasteiger partial charge in [-0.15, -0.1) is 0 Å². The maximum atomic E-state index is 12.2. The minimum absolute atomic E-state index is 0.0274. The molecular formula is C21H25N3O2. The molecule has 136 valence electrons.